The van der Waals surface area contributed by atoms with E-state index < -0.39 is 0 Å². The van der Waals surface area contributed by atoms with Crippen LogP contribution in [0.5, 0.6) is 0 Å². The fourth-order valence-electron chi connectivity index (χ4n) is 3.97. The molecule has 0 bridgehead atoms. The summed E-state index contributed by atoms with van der Waals surface area (Å²) in [4.78, 5) is 28.9. The van der Waals surface area contributed by atoms with Gasteiger partial charge in [-0.25, -0.2) is 4.39 Å². The van der Waals surface area contributed by atoms with Crippen molar-refractivity contribution in [3.8, 4) is 0 Å². The van der Waals surface area contributed by atoms with Crippen LogP contribution < -0.4 is 15.1 Å². The molecule has 0 spiro atoms. The van der Waals surface area contributed by atoms with Gasteiger partial charge in [0.15, 0.2) is 0 Å². The summed E-state index contributed by atoms with van der Waals surface area (Å²) in [5, 5.41) is 2.99. The number of fused-ring (bicyclic) bond motifs is 1. The zero-order valence-electron chi connectivity index (χ0n) is 15.6. The normalized spacial score (nSPS) is 19.0. The molecule has 1 saturated carbocycles. The molecule has 1 unspecified atom stereocenters. The van der Waals surface area contributed by atoms with E-state index in [1.54, 1.807) is 11.0 Å². The Balaban J connectivity index is 1.67. The Morgan fingerprint density at radius 1 is 1.19 bits per heavy atom. The molecule has 2 aliphatic rings. The summed E-state index contributed by atoms with van der Waals surface area (Å²) in [5.41, 5.74) is 1.48. The highest BCUT2D eigenvalue weighted by atomic mass is 19.1. The number of carbonyl (C=O) groups is 2. The third-order valence-corrected chi connectivity index (χ3v) is 5.41. The summed E-state index contributed by atoms with van der Waals surface area (Å²) in [5.74, 6) is -0.168. The maximum atomic E-state index is 13.7. The van der Waals surface area contributed by atoms with Gasteiger partial charge in [0, 0.05) is 38.5 Å². The first-order valence-electron chi connectivity index (χ1n) is 9.57. The lowest BCUT2D eigenvalue weighted by Crippen LogP contribution is -2.41. The number of hydrogen-bond acceptors (Lipinski definition) is 3. The first-order valence-corrected chi connectivity index (χ1v) is 9.57. The standard InChI is InChI=1S/C20H28FN3O2/c1-14(22-20(26)15-6-3-4-7-15)12-19(25)24-11-5-10-23(2)18-13-16(21)8-9-17(18)24/h8-9,13-15H,3-7,10-12H2,1-2H3,(H,22,26). The third-order valence-electron chi connectivity index (χ3n) is 5.41. The summed E-state index contributed by atoms with van der Waals surface area (Å²) in [7, 11) is 1.91. The molecular weight excluding hydrogens is 333 g/mol. The van der Waals surface area contributed by atoms with Crippen LogP contribution in [0.4, 0.5) is 15.8 Å². The van der Waals surface area contributed by atoms with Crippen LogP contribution in [0.1, 0.15) is 45.4 Å². The van der Waals surface area contributed by atoms with E-state index in [4.69, 9.17) is 0 Å². The van der Waals surface area contributed by atoms with Crippen molar-refractivity contribution in [2.45, 2.75) is 51.5 Å². The van der Waals surface area contributed by atoms with Crippen molar-refractivity contribution in [1.29, 1.82) is 0 Å². The van der Waals surface area contributed by atoms with Crippen molar-refractivity contribution < 1.29 is 14.0 Å². The van der Waals surface area contributed by atoms with E-state index >= 15 is 0 Å². The Morgan fingerprint density at radius 2 is 1.92 bits per heavy atom. The number of nitrogens with one attached hydrogen (secondary N) is 1. The van der Waals surface area contributed by atoms with E-state index in [0.717, 1.165) is 50.0 Å². The number of carbonyl (C=O) groups excluding carboxylic acids is 2. The zero-order chi connectivity index (χ0) is 18.7. The molecule has 2 amide bonds. The van der Waals surface area contributed by atoms with Crippen LogP contribution in [0.25, 0.3) is 0 Å². The minimum atomic E-state index is -0.304. The van der Waals surface area contributed by atoms with E-state index in [1.165, 1.54) is 12.1 Å². The van der Waals surface area contributed by atoms with Crippen LogP contribution >= 0.6 is 0 Å². The van der Waals surface area contributed by atoms with Gasteiger partial charge in [-0.05, 0) is 44.4 Å². The lowest BCUT2D eigenvalue weighted by molar-refractivity contribution is -0.125. The van der Waals surface area contributed by atoms with E-state index in [0.29, 0.717) is 6.54 Å². The van der Waals surface area contributed by atoms with Gasteiger partial charge in [-0.1, -0.05) is 12.8 Å². The second-order valence-electron chi connectivity index (χ2n) is 7.55. The molecule has 0 radical (unpaired) electrons. The molecule has 0 saturated heterocycles. The fourth-order valence-corrected chi connectivity index (χ4v) is 3.97. The highest BCUT2D eigenvalue weighted by Crippen LogP contribution is 2.33. The van der Waals surface area contributed by atoms with E-state index in [-0.39, 0.29) is 36.0 Å². The Kier molecular flexibility index (Phi) is 5.79. The highest BCUT2D eigenvalue weighted by molar-refractivity contribution is 5.97. The largest absolute Gasteiger partial charge is 0.373 e. The molecule has 1 aromatic carbocycles. The number of hydrogen-bond donors (Lipinski definition) is 1. The molecule has 1 aliphatic heterocycles. The molecule has 26 heavy (non-hydrogen) atoms. The van der Waals surface area contributed by atoms with E-state index in [9.17, 15) is 14.0 Å². The van der Waals surface area contributed by atoms with Gasteiger partial charge in [-0.15, -0.1) is 0 Å². The van der Waals surface area contributed by atoms with Gasteiger partial charge in [-0.3, -0.25) is 9.59 Å². The first kappa shape index (κ1) is 18.7. The van der Waals surface area contributed by atoms with Crippen LogP contribution in [-0.4, -0.2) is 38.0 Å². The van der Waals surface area contributed by atoms with Gasteiger partial charge < -0.3 is 15.1 Å². The molecular formula is C20H28FN3O2. The quantitative estimate of drug-likeness (QED) is 0.897. The maximum absolute atomic E-state index is 13.7. The molecule has 142 valence electrons. The predicted molar refractivity (Wildman–Crippen MR) is 101 cm³/mol. The average molecular weight is 361 g/mol. The van der Waals surface area contributed by atoms with Gasteiger partial charge >= 0.3 is 0 Å². The van der Waals surface area contributed by atoms with Crippen LogP contribution in [0, 0.1) is 11.7 Å². The summed E-state index contributed by atoms with van der Waals surface area (Å²) in [6, 6.07) is 4.34. The molecule has 6 heteroatoms. The summed E-state index contributed by atoms with van der Waals surface area (Å²) >= 11 is 0. The molecule has 1 atom stereocenters. The smallest absolute Gasteiger partial charge is 0.229 e. The van der Waals surface area contributed by atoms with Gasteiger partial charge in [0.05, 0.1) is 11.4 Å². The Labute approximate surface area is 154 Å². The maximum Gasteiger partial charge on any atom is 0.229 e. The molecule has 1 aromatic rings. The topological polar surface area (TPSA) is 52.7 Å². The van der Waals surface area contributed by atoms with Crippen molar-refractivity contribution in [3.63, 3.8) is 0 Å². The van der Waals surface area contributed by atoms with Gasteiger partial charge in [0.25, 0.3) is 0 Å². The average Bonchev–Trinajstić information content (AvgIpc) is 3.08. The van der Waals surface area contributed by atoms with Crippen molar-refractivity contribution in [2.24, 2.45) is 5.92 Å². The number of rotatable bonds is 4. The van der Waals surface area contributed by atoms with Crippen LogP contribution in [0.3, 0.4) is 0 Å². The molecule has 1 aliphatic carbocycles. The third kappa shape index (κ3) is 4.17. The van der Waals surface area contributed by atoms with Gasteiger partial charge in [0.2, 0.25) is 11.8 Å². The van der Waals surface area contributed by atoms with Crippen LogP contribution in [-0.2, 0) is 9.59 Å². The van der Waals surface area contributed by atoms with Crippen molar-refractivity contribution >= 4 is 23.2 Å². The number of amides is 2. The number of nitrogens with zero attached hydrogens (tertiary/aromatic N) is 2. The van der Waals surface area contributed by atoms with Crippen LogP contribution in [0.2, 0.25) is 0 Å². The lowest BCUT2D eigenvalue weighted by atomic mass is 10.1. The Morgan fingerprint density at radius 3 is 2.65 bits per heavy atom. The minimum Gasteiger partial charge on any atom is -0.373 e. The molecule has 5 nitrogen and oxygen atoms in total. The number of anilines is 2. The van der Waals surface area contributed by atoms with E-state index in [2.05, 4.69) is 5.32 Å². The van der Waals surface area contributed by atoms with Crippen molar-refractivity contribution in [1.82, 2.24) is 5.32 Å². The number of halogens is 1. The highest BCUT2D eigenvalue weighted by Gasteiger charge is 2.27. The van der Waals surface area contributed by atoms with E-state index in [1.807, 2.05) is 18.9 Å². The van der Waals surface area contributed by atoms with Gasteiger partial charge in [0.1, 0.15) is 5.82 Å². The van der Waals surface area contributed by atoms with Crippen molar-refractivity contribution in [2.75, 3.05) is 29.9 Å². The minimum absolute atomic E-state index is 0.0348. The summed E-state index contributed by atoms with van der Waals surface area (Å²) in [6.07, 6.45) is 5.19. The Hall–Kier alpha value is -2.11. The second-order valence-corrected chi connectivity index (χ2v) is 7.55. The Bertz CT molecular complexity index is 673. The molecule has 1 fully saturated rings. The number of benzene rings is 1. The SMILES string of the molecule is CC(CC(=O)N1CCCN(C)c2cc(F)ccc21)NC(=O)C1CCCC1. The van der Waals surface area contributed by atoms with Crippen LogP contribution in [0.15, 0.2) is 18.2 Å². The molecule has 3 rings (SSSR count). The predicted octanol–water partition coefficient (Wildman–Crippen LogP) is 3.08. The molecule has 1 N–H and O–H groups in total. The summed E-state index contributed by atoms with van der Waals surface area (Å²) in [6.45, 7) is 3.25. The fraction of sp³-hybridized carbons (Fsp3) is 0.600. The molecule has 1 heterocycles. The lowest BCUT2D eigenvalue weighted by Gasteiger charge is -2.26. The molecule has 0 aromatic heterocycles. The summed E-state index contributed by atoms with van der Waals surface area (Å²) < 4.78 is 13.7. The van der Waals surface area contributed by atoms with Crippen molar-refractivity contribution in [3.05, 3.63) is 24.0 Å². The second kappa shape index (κ2) is 8.06. The zero-order valence-corrected chi connectivity index (χ0v) is 15.6. The monoisotopic (exact) mass is 361 g/mol. The van der Waals surface area contributed by atoms with Gasteiger partial charge in [-0.2, -0.15) is 0 Å². The first-order chi connectivity index (χ1) is 12.5.